The lowest BCUT2D eigenvalue weighted by Crippen LogP contribution is -2.28. The van der Waals surface area contributed by atoms with Crippen LogP contribution in [0.2, 0.25) is 0 Å². The van der Waals surface area contributed by atoms with Crippen molar-refractivity contribution >= 4 is 23.4 Å². The minimum Gasteiger partial charge on any atom is -0.477 e. The van der Waals surface area contributed by atoms with Gasteiger partial charge >= 0.3 is 5.97 Å². The van der Waals surface area contributed by atoms with Crippen molar-refractivity contribution in [2.75, 3.05) is 12.9 Å². The Kier molecular flexibility index (Phi) is 6.50. The van der Waals surface area contributed by atoms with Crippen molar-refractivity contribution in [1.82, 2.24) is 0 Å². The number of hydrogen-bond acceptors (Lipinski definition) is 4. The molecule has 0 unspecified atom stereocenters. The van der Waals surface area contributed by atoms with Crippen LogP contribution in [0.3, 0.4) is 0 Å². The van der Waals surface area contributed by atoms with E-state index in [1.807, 2.05) is 54.6 Å². The molecule has 142 valence electrons. The van der Waals surface area contributed by atoms with Gasteiger partial charge in [-0.25, -0.2) is 4.79 Å². The topological polar surface area (TPSA) is 58.9 Å². The molecular formula is C23H21NO3S. The summed E-state index contributed by atoms with van der Waals surface area (Å²) in [7, 11) is 1.35. The average molecular weight is 391 g/mol. The Balaban J connectivity index is 2.19. The van der Waals surface area contributed by atoms with Gasteiger partial charge in [-0.3, -0.25) is 0 Å². The van der Waals surface area contributed by atoms with Crippen LogP contribution in [-0.4, -0.2) is 29.7 Å². The van der Waals surface area contributed by atoms with E-state index in [2.05, 4.69) is 41.6 Å². The van der Waals surface area contributed by atoms with Gasteiger partial charge in [0.25, 0.3) is 0 Å². The first-order chi connectivity index (χ1) is 13.7. The summed E-state index contributed by atoms with van der Waals surface area (Å²) < 4.78 is -0.590. The Bertz CT molecular complexity index is 831. The molecule has 28 heavy (non-hydrogen) atoms. The van der Waals surface area contributed by atoms with E-state index < -0.39 is 10.7 Å². The Morgan fingerprint density at radius 3 is 1.57 bits per heavy atom. The van der Waals surface area contributed by atoms with Gasteiger partial charge in [-0.15, -0.1) is 11.8 Å². The summed E-state index contributed by atoms with van der Waals surface area (Å²) in [6, 6.07) is 30.3. The van der Waals surface area contributed by atoms with Crippen molar-refractivity contribution in [2.45, 2.75) is 4.75 Å². The van der Waals surface area contributed by atoms with Gasteiger partial charge in [0.1, 0.15) is 7.11 Å². The van der Waals surface area contributed by atoms with Gasteiger partial charge in [-0.2, -0.15) is 0 Å². The van der Waals surface area contributed by atoms with Crippen LogP contribution in [0.1, 0.15) is 16.7 Å². The Labute approximate surface area is 168 Å². The second-order valence-electron chi connectivity index (χ2n) is 6.09. The Hall–Kier alpha value is -3.05. The SMILES string of the molecule is CO/N=C(/CSC(c1ccccc1)(c1ccccc1)c1ccccc1)C(=O)O. The number of hydrogen-bond donors (Lipinski definition) is 1. The summed E-state index contributed by atoms with van der Waals surface area (Å²) in [5.74, 6) is -0.903. The summed E-state index contributed by atoms with van der Waals surface area (Å²) in [5, 5.41) is 13.2. The van der Waals surface area contributed by atoms with Crippen molar-refractivity contribution in [2.24, 2.45) is 5.16 Å². The number of carbonyl (C=O) groups is 1. The highest BCUT2D eigenvalue weighted by molar-refractivity contribution is 8.01. The van der Waals surface area contributed by atoms with Gasteiger partial charge in [0.05, 0.1) is 4.75 Å². The molecule has 0 amide bonds. The number of oxime groups is 1. The zero-order valence-electron chi connectivity index (χ0n) is 15.5. The normalized spacial score (nSPS) is 11.8. The van der Waals surface area contributed by atoms with Crippen molar-refractivity contribution in [3.8, 4) is 0 Å². The maximum absolute atomic E-state index is 11.6. The van der Waals surface area contributed by atoms with Crippen LogP contribution in [0.5, 0.6) is 0 Å². The minimum atomic E-state index is -1.09. The average Bonchev–Trinajstić information content (AvgIpc) is 2.75. The molecule has 0 bridgehead atoms. The predicted molar refractivity (Wildman–Crippen MR) is 114 cm³/mol. The highest BCUT2D eigenvalue weighted by Crippen LogP contribution is 2.48. The monoisotopic (exact) mass is 391 g/mol. The lowest BCUT2D eigenvalue weighted by Gasteiger charge is -2.35. The van der Waals surface area contributed by atoms with E-state index in [1.54, 1.807) is 0 Å². The number of carboxylic acid groups (broad SMARTS) is 1. The van der Waals surface area contributed by atoms with Crippen LogP contribution in [0.4, 0.5) is 0 Å². The summed E-state index contributed by atoms with van der Waals surface area (Å²) >= 11 is 1.51. The van der Waals surface area contributed by atoms with E-state index in [-0.39, 0.29) is 11.5 Å². The molecule has 0 aliphatic heterocycles. The molecule has 5 heteroatoms. The van der Waals surface area contributed by atoms with Gasteiger partial charge in [0.15, 0.2) is 5.71 Å². The molecule has 0 fully saturated rings. The fraction of sp³-hybridized carbons (Fsp3) is 0.130. The van der Waals surface area contributed by atoms with Crippen molar-refractivity contribution in [3.05, 3.63) is 108 Å². The fourth-order valence-corrected chi connectivity index (χ4v) is 4.62. The van der Waals surface area contributed by atoms with Crippen LogP contribution in [0, 0.1) is 0 Å². The first-order valence-corrected chi connectivity index (χ1v) is 9.81. The van der Waals surface area contributed by atoms with Crippen LogP contribution in [0.15, 0.2) is 96.2 Å². The van der Waals surface area contributed by atoms with E-state index in [1.165, 1.54) is 18.9 Å². The number of carboxylic acids is 1. The molecule has 3 rings (SSSR count). The summed E-state index contributed by atoms with van der Waals surface area (Å²) in [6.07, 6.45) is 0. The number of thioether (sulfide) groups is 1. The van der Waals surface area contributed by atoms with Gasteiger partial charge in [-0.05, 0) is 16.7 Å². The molecule has 0 spiro atoms. The third-order valence-corrected chi connectivity index (χ3v) is 5.97. The smallest absolute Gasteiger partial charge is 0.354 e. The maximum Gasteiger partial charge on any atom is 0.354 e. The van der Waals surface area contributed by atoms with E-state index in [9.17, 15) is 9.90 Å². The first-order valence-electron chi connectivity index (χ1n) is 8.82. The quantitative estimate of drug-likeness (QED) is 0.340. The first kappa shape index (κ1) is 19.7. The van der Waals surface area contributed by atoms with Crippen molar-refractivity contribution in [1.29, 1.82) is 0 Å². The lowest BCUT2D eigenvalue weighted by molar-refractivity contribution is -0.129. The summed E-state index contributed by atoms with van der Waals surface area (Å²) in [6.45, 7) is 0. The molecule has 3 aromatic rings. The molecular weight excluding hydrogens is 370 g/mol. The van der Waals surface area contributed by atoms with Gasteiger partial charge in [-0.1, -0.05) is 96.2 Å². The van der Waals surface area contributed by atoms with Crippen molar-refractivity contribution in [3.63, 3.8) is 0 Å². The molecule has 1 N–H and O–H groups in total. The third kappa shape index (κ3) is 4.10. The zero-order chi connectivity index (χ0) is 19.8. The molecule has 0 atom stereocenters. The molecule has 0 aromatic heterocycles. The number of nitrogens with zero attached hydrogens (tertiary/aromatic N) is 1. The van der Waals surface area contributed by atoms with E-state index in [0.29, 0.717) is 0 Å². The number of benzene rings is 3. The highest BCUT2D eigenvalue weighted by Gasteiger charge is 2.37. The Morgan fingerprint density at radius 2 is 1.25 bits per heavy atom. The van der Waals surface area contributed by atoms with Gasteiger partial charge in [0.2, 0.25) is 0 Å². The Morgan fingerprint density at radius 1 is 0.857 bits per heavy atom. The van der Waals surface area contributed by atoms with Gasteiger partial charge < -0.3 is 9.94 Å². The molecule has 0 heterocycles. The van der Waals surface area contributed by atoms with E-state index >= 15 is 0 Å². The van der Waals surface area contributed by atoms with Gasteiger partial charge in [0, 0.05) is 5.75 Å². The van der Waals surface area contributed by atoms with Crippen LogP contribution >= 0.6 is 11.8 Å². The van der Waals surface area contributed by atoms with Crippen LogP contribution in [0.25, 0.3) is 0 Å². The molecule has 0 aliphatic rings. The van der Waals surface area contributed by atoms with Crippen molar-refractivity contribution < 1.29 is 14.7 Å². The minimum absolute atomic E-state index is 0.0281. The fourth-order valence-electron chi connectivity index (χ4n) is 3.18. The lowest BCUT2D eigenvalue weighted by atomic mass is 9.84. The molecule has 0 aliphatic carbocycles. The predicted octanol–water partition coefficient (Wildman–Crippen LogP) is 4.80. The summed E-state index contributed by atoms with van der Waals surface area (Å²) in [4.78, 5) is 16.3. The van der Waals surface area contributed by atoms with Crippen LogP contribution in [-0.2, 0) is 14.4 Å². The molecule has 3 aromatic carbocycles. The molecule has 0 radical (unpaired) electrons. The second kappa shape index (κ2) is 9.24. The highest BCUT2D eigenvalue weighted by atomic mass is 32.2. The zero-order valence-corrected chi connectivity index (χ0v) is 16.3. The maximum atomic E-state index is 11.6. The molecule has 0 saturated heterocycles. The number of aliphatic carboxylic acids is 1. The molecule has 4 nitrogen and oxygen atoms in total. The summed E-state index contributed by atoms with van der Waals surface area (Å²) in [5.41, 5.74) is 3.18. The second-order valence-corrected chi connectivity index (χ2v) is 7.28. The van der Waals surface area contributed by atoms with E-state index in [4.69, 9.17) is 4.84 Å². The standard InChI is InChI=1S/C23H21NO3S/c1-27-24-21(22(25)26)17-28-23(18-11-5-2-6-12-18,19-13-7-3-8-14-19)20-15-9-4-10-16-20/h2-16H,17H2,1H3,(H,25,26)/b24-21-. The van der Waals surface area contributed by atoms with E-state index in [0.717, 1.165) is 16.7 Å². The third-order valence-electron chi connectivity index (χ3n) is 4.41. The van der Waals surface area contributed by atoms with Crippen LogP contribution < -0.4 is 0 Å². The molecule has 0 saturated carbocycles. The number of rotatable bonds is 8. The largest absolute Gasteiger partial charge is 0.477 e.